The Hall–Kier alpha value is -3.31. The van der Waals surface area contributed by atoms with E-state index in [4.69, 9.17) is 9.47 Å². The number of pyridine rings is 1. The third-order valence-corrected chi connectivity index (χ3v) is 5.28. The number of nitrogens with zero attached hydrogens (tertiary/aromatic N) is 1. The lowest BCUT2D eigenvalue weighted by molar-refractivity contribution is -0.139. The number of hydrogen-bond donors (Lipinski definition) is 3. The number of carbonyl (C=O) groups excluding carboxylic acids is 4. The number of rotatable bonds is 7. The summed E-state index contributed by atoms with van der Waals surface area (Å²) in [5.74, 6) is -2.28. The monoisotopic (exact) mass is 457 g/mol. The molecule has 1 aromatic carbocycles. The predicted molar refractivity (Wildman–Crippen MR) is 113 cm³/mol. The van der Waals surface area contributed by atoms with E-state index in [2.05, 4.69) is 4.98 Å². The predicted octanol–water partition coefficient (Wildman–Crippen LogP) is 0.952. The fourth-order valence-corrected chi connectivity index (χ4v) is 3.61. The molecule has 0 radical (unpaired) electrons. The van der Waals surface area contributed by atoms with Crippen LogP contribution in [-0.4, -0.2) is 74.8 Å². The number of Topliss-reactive ketones (excluding diaryl/α,β-unsaturated/α-hetero) is 3. The Morgan fingerprint density at radius 2 is 1.70 bits per heavy atom. The Kier molecular flexibility index (Phi) is 7.13. The van der Waals surface area contributed by atoms with Crippen LogP contribution in [0.5, 0.6) is 0 Å². The smallest absolute Gasteiger partial charge is 0.342 e. The summed E-state index contributed by atoms with van der Waals surface area (Å²) < 4.78 is 10.4. The van der Waals surface area contributed by atoms with Crippen molar-refractivity contribution in [2.24, 2.45) is 0 Å². The average Bonchev–Trinajstić information content (AvgIpc) is 3.05. The second kappa shape index (κ2) is 9.67. The molecule has 2 aromatic rings. The number of hydrogen-bond acceptors (Lipinski definition) is 10. The van der Waals surface area contributed by atoms with E-state index in [9.17, 15) is 34.5 Å². The minimum atomic E-state index is -1.59. The summed E-state index contributed by atoms with van der Waals surface area (Å²) in [5, 5.41) is 29.1. The molecule has 33 heavy (non-hydrogen) atoms. The topological polar surface area (TPSA) is 160 Å². The van der Waals surface area contributed by atoms with Crippen molar-refractivity contribution in [3.63, 3.8) is 0 Å². The third kappa shape index (κ3) is 4.74. The molecule has 1 unspecified atom stereocenters. The van der Waals surface area contributed by atoms with Crippen LogP contribution < -0.4 is 0 Å². The zero-order chi connectivity index (χ0) is 24.4. The van der Waals surface area contributed by atoms with Gasteiger partial charge in [-0.2, -0.15) is 0 Å². The van der Waals surface area contributed by atoms with Gasteiger partial charge in [0.15, 0.2) is 17.3 Å². The van der Waals surface area contributed by atoms with Crippen LogP contribution in [0.1, 0.15) is 62.2 Å². The number of carbonyl (C=O) groups is 4. The van der Waals surface area contributed by atoms with E-state index in [0.717, 1.165) is 0 Å². The maximum atomic E-state index is 12.9. The Morgan fingerprint density at radius 3 is 2.24 bits per heavy atom. The second-order valence-corrected chi connectivity index (χ2v) is 7.63. The molecule has 1 aliphatic heterocycles. The molecular weight excluding hydrogens is 434 g/mol. The van der Waals surface area contributed by atoms with E-state index < -0.39 is 48.7 Å². The Bertz CT molecular complexity index is 1130. The van der Waals surface area contributed by atoms with E-state index in [-0.39, 0.29) is 39.3 Å². The van der Waals surface area contributed by atoms with Gasteiger partial charge in [0.1, 0.15) is 18.3 Å². The van der Waals surface area contributed by atoms with Crippen LogP contribution in [0.4, 0.5) is 0 Å². The highest BCUT2D eigenvalue weighted by atomic mass is 16.7. The zero-order valence-electron chi connectivity index (χ0n) is 18.1. The van der Waals surface area contributed by atoms with Crippen molar-refractivity contribution in [2.75, 3.05) is 6.61 Å². The van der Waals surface area contributed by atoms with E-state index >= 15 is 0 Å². The molecule has 0 bridgehead atoms. The van der Waals surface area contributed by atoms with Crippen LogP contribution in [0, 0.1) is 0 Å². The maximum Gasteiger partial charge on any atom is 0.342 e. The molecular formula is C23H23NO9. The fourth-order valence-electron chi connectivity index (χ4n) is 3.61. The SMILES string of the molecule is CC(=O)c1cc(C(C)=O)c(C(C)=O)c(-c2ncccc2C(=O)OC2O[C@H](CO)[C@@H](O)[C@H]2O)c1. The van der Waals surface area contributed by atoms with Gasteiger partial charge in [-0.25, -0.2) is 4.79 Å². The van der Waals surface area contributed by atoms with Crippen LogP contribution >= 0.6 is 0 Å². The highest BCUT2D eigenvalue weighted by Gasteiger charge is 2.45. The normalized spacial score (nSPS) is 22.1. The molecule has 0 saturated carbocycles. The summed E-state index contributed by atoms with van der Waals surface area (Å²) in [5.41, 5.74) is 0.0903. The number of aromatic nitrogens is 1. The molecule has 174 valence electrons. The van der Waals surface area contributed by atoms with Crippen molar-refractivity contribution >= 4 is 23.3 Å². The second-order valence-electron chi connectivity index (χ2n) is 7.63. The van der Waals surface area contributed by atoms with E-state index in [0.29, 0.717) is 0 Å². The summed E-state index contributed by atoms with van der Waals surface area (Å²) in [6.45, 7) is 3.20. The lowest BCUT2D eigenvalue weighted by Gasteiger charge is -2.18. The number of benzene rings is 1. The van der Waals surface area contributed by atoms with Gasteiger partial charge >= 0.3 is 5.97 Å². The molecule has 1 fully saturated rings. The highest BCUT2D eigenvalue weighted by Crippen LogP contribution is 2.32. The molecule has 3 N–H and O–H groups in total. The van der Waals surface area contributed by atoms with Crippen molar-refractivity contribution in [2.45, 2.75) is 45.4 Å². The molecule has 1 aromatic heterocycles. The fraction of sp³-hybridized carbons (Fsp3) is 0.348. The van der Waals surface area contributed by atoms with Crippen molar-refractivity contribution in [3.8, 4) is 11.3 Å². The lowest BCUT2D eigenvalue weighted by Crippen LogP contribution is -2.35. The quantitative estimate of drug-likeness (QED) is 0.403. The Morgan fingerprint density at radius 1 is 1.00 bits per heavy atom. The highest BCUT2D eigenvalue weighted by molar-refractivity contribution is 6.14. The maximum absolute atomic E-state index is 12.9. The average molecular weight is 457 g/mol. The van der Waals surface area contributed by atoms with Gasteiger partial charge in [0, 0.05) is 28.5 Å². The number of aliphatic hydroxyl groups is 3. The van der Waals surface area contributed by atoms with Gasteiger partial charge in [-0.1, -0.05) is 0 Å². The largest absolute Gasteiger partial charge is 0.429 e. The number of aliphatic hydroxyl groups excluding tert-OH is 3. The van der Waals surface area contributed by atoms with Crippen molar-refractivity contribution in [1.82, 2.24) is 4.98 Å². The molecule has 0 spiro atoms. The molecule has 1 aliphatic rings. The summed E-state index contributed by atoms with van der Waals surface area (Å²) in [6, 6.07) is 5.48. The lowest BCUT2D eigenvalue weighted by atomic mass is 9.89. The third-order valence-electron chi connectivity index (χ3n) is 5.28. The van der Waals surface area contributed by atoms with Crippen LogP contribution in [0.2, 0.25) is 0 Å². The first kappa shape index (κ1) is 24.3. The number of ketones is 3. The first-order chi connectivity index (χ1) is 15.6. The summed E-state index contributed by atoms with van der Waals surface area (Å²) >= 11 is 0. The van der Waals surface area contributed by atoms with Gasteiger partial charge in [0.2, 0.25) is 6.29 Å². The summed E-state index contributed by atoms with van der Waals surface area (Å²) in [4.78, 5) is 53.9. The molecule has 10 heteroatoms. The molecule has 1 saturated heterocycles. The van der Waals surface area contributed by atoms with Crippen LogP contribution in [-0.2, 0) is 9.47 Å². The van der Waals surface area contributed by atoms with Gasteiger partial charge < -0.3 is 24.8 Å². The first-order valence-corrected chi connectivity index (χ1v) is 10.1. The van der Waals surface area contributed by atoms with Crippen molar-refractivity contribution in [1.29, 1.82) is 0 Å². The van der Waals surface area contributed by atoms with E-state index in [1.54, 1.807) is 0 Å². The van der Waals surface area contributed by atoms with Gasteiger partial charge in [-0.15, -0.1) is 0 Å². The van der Waals surface area contributed by atoms with E-state index in [1.165, 1.54) is 51.2 Å². The van der Waals surface area contributed by atoms with Crippen LogP contribution in [0.3, 0.4) is 0 Å². The molecule has 4 atom stereocenters. The van der Waals surface area contributed by atoms with Crippen molar-refractivity contribution < 1.29 is 44.0 Å². The molecule has 0 aliphatic carbocycles. The summed E-state index contributed by atoms with van der Waals surface area (Å²) in [7, 11) is 0. The summed E-state index contributed by atoms with van der Waals surface area (Å²) in [6.07, 6.45) is -4.39. The minimum absolute atomic E-state index is 0.00633. The van der Waals surface area contributed by atoms with Gasteiger partial charge in [-0.3, -0.25) is 19.4 Å². The minimum Gasteiger partial charge on any atom is -0.429 e. The van der Waals surface area contributed by atoms with Gasteiger partial charge in [0.05, 0.1) is 17.9 Å². The van der Waals surface area contributed by atoms with Crippen molar-refractivity contribution in [3.05, 3.63) is 52.7 Å². The first-order valence-electron chi connectivity index (χ1n) is 10.1. The molecule has 2 heterocycles. The molecule has 10 nitrogen and oxygen atoms in total. The zero-order valence-corrected chi connectivity index (χ0v) is 18.1. The standard InChI is InChI=1S/C23H23NO9/c1-10(26)13-7-15(11(2)27)18(12(3)28)16(8-13)19-14(5-4-6-24-19)22(31)33-23-21(30)20(29)17(9-25)32-23/h4-8,17,20-21,23,25,29-30H,9H2,1-3H3/t17-,20-,21-,23?/m1/s1. The Labute approximate surface area is 188 Å². The number of esters is 1. The van der Waals surface area contributed by atoms with Crippen LogP contribution in [0.25, 0.3) is 11.3 Å². The Balaban J connectivity index is 2.11. The van der Waals surface area contributed by atoms with Crippen LogP contribution in [0.15, 0.2) is 30.5 Å². The molecule has 3 rings (SSSR count). The van der Waals surface area contributed by atoms with Gasteiger partial charge in [0.25, 0.3) is 0 Å². The van der Waals surface area contributed by atoms with E-state index in [1.807, 2.05) is 0 Å². The number of ether oxygens (including phenoxy) is 2. The van der Waals surface area contributed by atoms with Gasteiger partial charge in [-0.05, 0) is 45.0 Å². The molecule has 0 amide bonds.